The third-order valence-electron chi connectivity index (χ3n) is 2.36. The number of ether oxygens (including phenoxy) is 1. The van der Waals surface area contributed by atoms with Gasteiger partial charge in [0.15, 0.2) is 0 Å². The zero-order valence-corrected chi connectivity index (χ0v) is 10.5. The van der Waals surface area contributed by atoms with Gasteiger partial charge in [-0.1, -0.05) is 17.7 Å². The van der Waals surface area contributed by atoms with Crippen molar-refractivity contribution in [1.29, 1.82) is 0 Å². The summed E-state index contributed by atoms with van der Waals surface area (Å²) in [5.41, 5.74) is 1.23. The van der Waals surface area contributed by atoms with E-state index in [-0.39, 0.29) is 6.61 Å². The van der Waals surface area contributed by atoms with Crippen molar-refractivity contribution in [1.82, 2.24) is 4.98 Å². The summed E-state index contributed by atoms with van der Waals surface area (Å²) in [6.45, 7) is 2.73. The average Bonchev–Trinajstić information content (AvgIpc) is 2.80. The Morgan fingerprint density at radius 1 is 1.29 bits per heavy atom. The summed E-state index contributed by atoms with van der Waals surface area (Å²) in [4.78, 5) is 5.11. The molecule has 2 aromatic rings. The standard InChI is InChI=1S/C13H15NO2S/c1-10-2-4-11(5-3-10)16-7-6-13-14-8-12(9-15)17-13/h2-5,8,15H,6-7,9H2,1H3. The predicted octanol–water partition coefficient (Wildman–Crippen LogP) is 2.57. The predicted molar refractivity (Wildman–Crippen MR) is 68.4 cm³/mol. The van der Waals surface area contributed by atoms with Gasteiger partial charge >= 0.3 is 0 Å². The molecule has 1 heterocycles. The minimum absolute atomic E-state index is 0.0660. The first kappa shape index (κ1) is 12.1. The van der Waals surface area contributed by atoms with E-state index in [1.54, 1.807) is 6.20 Å². The lowest BCUT2D eigenvalue weighted by atomic mass is 10.2. The second-order valence-corrected chi connectivity index (χ2v) is 4.99. The van der Waals surface area contributed by atoms with E-state index in [0.29, 0.717) is 6.61 Å². The Labute approximate surface area is 105 Å². The van der Waals surface area contributed by atoms with E-state index < -0.39 is 0 Å². The lowest BCUT2D eigenvalue weighted by Gasteiger charge is -2.04. The van der Waals surface area contributed by atoms with Crippen LogP contribution in [0.1, 0.15) is 15.4 Å². The first-order valence-corrected chi connectivity index (χ1v) is 6.33. The van der Waals surface area contributed by atoms with E-state index in [0.717, 1.165) is 22.1 Å². The van der Waals surface area contributed by atoms with Crippen LogP contribution < -0.4 is 4.74 Å². The number of thiazole rings is 1. The molecule has 0 saturated carbocycles. The molecule has 0 aliphatic carbocycles. The van der Waals surface area contributed by atoms with Crippen molar-refractivity contribution < 1.29 is 9.84 Å². The van der Waals surface area contributed by atoms with Crippen LogP contribution in [-0.4, -0.2) is 16.7 Å². The second kappa shape index (κ2) is 5.80. The fourth-order valence-corrected chi connectivity index (χ4v) is 2.19. The van der Waals surface area contributed by atoms with Crippen LogP contribution in [0.3, 0.4) is 0 Å². The van der Waals surface area contributed by atoms with Crippen LogP contribution in [-0.2, 0) is 13.0 Å². The van der Waals surface area contributed by atoms with Crippen molar-refractivity contribution in [2.24, 2.45) is 0 Å². The van der Waals surface area contributed by atoms with Crippen LogP contribution in [0.25, 0.3) is 0 Å². The lowest BCUT2D eigenvalue weighted by molar-refractivity contribution is 0.285. The van der Waals surface area contributed by atoms with Crippen molar-refractivity contribution in [2.45, 2.75) is 20.0 Å². The molecule has 0 aliphatic rings. The van der Waals surface area contributed by atoms with Crippen LogP contribution >= 0.6 is 11.3 Å². The van der Waals surface area contributed by atoms with E-state index in [1.165, 1.54) is 16.9 Å². The normalized spacial score (nSPS) is 10.5. The molecule has 0 aliphatic heterocycles. The fourth-order valence-electron chi connectivity index (χ4n) is 1.43. The Hall–Kier alpha value is -1.39. The molecule has 0 radical (unpaired) electrons. The summed E-state index contributed by atoms with van der Waals surface area (Å²) in [6, 6.07) is 8.00. The Morgan fingerprint density at radius 2 is 2.06 bits per heavy atom. The molecule has 17 heavy (non-hydrogen) atoms. The first-order valence-electron chi connectivity index (χ1n) is 5.52. The van der Waals surface area contributed by atoms with Gasteiger partial charge in [-0.05, 0) is 19.1 Å². The van der Waals surface area contributed by atoms with E-state index in [4.69, 9.17) is 9.84 Å². The van der Waals surface area contributed by atoms with E-state index >= 15 is 0 Å². The summed E-state index contributed by atoms with van der Waals surface area (Å²) in [7, 11) is 0. The van der Waals surface area contributed by atoms with Gasteiger partial charge in [-0.25, -0.2) is 4.98 Å². The van der Waals surface area contributed by atoms with Crippen molar-refractivity contribution in [3.8, 4) is 5.75 Å². The number of hydrogen-bond donors (Lipinski definition) is 1. The van der Waals surface area contributed by atoms with E-state index in [2.05, 4.69) is 11.9 Å². The molecule has 0 unspecified atom stereocenters. The molecule has 90 valence electrons. The van der Waals surface area contributed by atoms with E-state index in [9.17, 15) is 0 Å². The molecule has 1 N–H and O–H groups in total. The Bertz CT molecular complexity index is 465. The minimum atomic E-state index is 0.0660. The van der Waals surface area contributed by atoms with E-state index in [1.807, 2.05) is 24.3 Å². The molecule has 3 nitrogen and oxygen atoms in total. The number of rotatable bonds is 5. The molecule has 2 rings (SSSR count). The third kappa shape index (κ3) is 3.54. The fraction of sp³-hybridized carbons (Fsp3) is 0.308. The van der Waals surface area contributed by atoms with Gasteiger partial charge in [-0.3, -0.25) is 0 Å². The van der Waals surface area contributed by atoms with Gasteiger partial charge in [0.2, 0.25) is 0 Å². The maximum atomic E-state index is 8.92. The Kier molecular flexibility index (Phi) is 4.12. The second-order valence-electron chi connectivity index (χ2n) is 3.79. The molecular weight excluding hydrogens is 234 g/mol. The van der Waals surface area contributed by atoms with Gasteiger partial charge in [-0.2, -0.15) is 0 Å². The molecule has 4 heteroatoms. The Balaban J connectivity index is 1.81. The minimum Gasteiger partial charge on any atom is -0.493 e. The van der Waals surface area contributed by atoms with Crippen molar-refractivity contribution in [3.05, 3.63) is 45.9 Å². The molecule has 0 bridgehead atoms. The number of aliphatic hydroxyl groups excluding tert-OH is 1. The van der Waals surface area contributed by atoms with Crippen molar-refractivity contribution in [2.75, 3.05) is 6.61 Å². The van der Waals surface area contributed by atoms with Crippen molar-refractivity contribution >= 4 is 11.3 Å². The molecule has 1 aromatic heterocycles. The highest BCUT2D eigenvalue weighted by Gasteiger charge is 2.01. The highest BCUT2D eigenvalue weighted by molar-refractivity contribution is 7.11. The van der Waals surface area contributed by atoms with Gasteiger partial charge in [0.1, 0.15) is 5.75 Å². The maximum absolute atomic E-state index is 8.92. The molecule has 0 amide bonds. The largest absolute Gasteiger partial charge is 0.493 e. The number of nitrogens with zero attached hydrogens (tertiary/aromatic N) is 1. The quantitative estimate of drug-likeness (QED) is 0.885. The topological polar surface area (TPSA) is 42.4 Å². The summed E-state index contributed by atoms with van der Waals surface area (Å²) in [5, 5.41) is 9.92. The summed E-state index contributed by atoms with van der Waals surface area (Å²) < 4.78 is 5.61. The highest BCUT2D eigenvalue weighted by atomic mass is 32.1. The maximum Gasteiger partial charge on any atom is 0.119 e. The average molecular weight is 249 g/mol. The van der Waals surface area contributed by atoms with Crippen LogP contribution in [0.4, 0.5) is 0 Å². The Morgan fingerprint density at radius 3 is 2.71 bits per heavy atom. The summed E-state index contributed by atoms with van der Waals surface area (Å²) in [5.74, 6) is 0.884. The first-order chi connectivity index (χ1) is 8.28. The SMILES string of the molecule is Cc1ccc(OCCc2ncc(CO)s2)cc1. The molecule has 0 fully saturated rings. The van der Waals surface area contributed by atoms with Gasteiger partial charge in [0.25, 0.3) is 0 Å². The zero-order valence-electron chi connectivity index (χ0n) is 9.72. The number of aromatic nitrogens is 1. The van der Waals surface area contributed by atoms with Crippen LogP contribution in [0.5, 0.6) is 5.75 Å². The van der Waals surface area contributed by atoms with Crippen molar-refractivity contribution in [3.63, 3.8) is 0 Å². The number of aryl methyl sites for hydroxylation is 1. The van der Waals surface area contributed by atoms with Gasteiger partial charge in [0, 0.05) is 12.6 Å². The van der Waals surface area contributed by atoms with Gasteiger partial charge in [-0.15, -0.1) is 11.3 Å². The molecule has 0 atom stereocenters. The molecule has 0 spiro atoms. The lowest BCUT2D eigenvalue weighted by Crippen LogP contribution is -2.00. The van der Waals surface area contributed by atoms with Crippen LogP contribution in [0.2, 0.25) is 0 Å². The zero-order chi connectivity index (χ0) is 12.1. The summed E-state index contributed by atoms with van der Waals surface area (Å²) in [6.07, 6.45) is 2.49. The third-order valence-corrected chi connectivity index (χ3v) is 3.40. The molecular formula is C13H15NO2S. The number of benzene rings is 1. The van der Waals surface area contributed by atoms with Gasteiger partial charge in [0.05, 0.1) is 23.1 Å². The highest BCUT2D eigenvalue weighted by Crippen LogP contribution is 2.15. The summed E-state index contributed by atoms with van der Waals surface area (Å²) >= 11 is 1.53. The van der Waals surface area contributed by atoms with Crippen LogP contribution in [0, 0.1) is 6.92 Å². The van der Waals surface area contributed by atoms with Gasteiger partial charge < -0.3 is 9.84 Å². The van der Waals surface area contributed by atoms with Crippen LogP contribution in [0.15, 0.2) is 30.5 Å². The monoisotopic (exact) mass is 249 g/mol. The number of hydrogen-bond acceptors (Lipinski definition) is 4. The smallest absolute Gasteiger partial charge is 0.119 e. The molecule has 0 saturated heterocycles. The molecule has 1 aromatic carbocycles. The number of aliphatic hydroxyl groups is 1.